The highest BCUT2D eigenvalue weighted by Crippen LogP contribution is 2.32. The van der Waals surface area contributed by atoms with Crippen molar-refractivity contribution >= 4 is 29.3 Å². The fraction of sp³-hybridized carbons (Fsp3) is 0.429. The van der Waals surface area contributed by atoms with Crippen molar-refractivity contribution < 1.29 is 14.3 Å². The Morgan fingerprint density at radius 2 is 1.96 bits per heavy atom. The van der Waals surface area contributed by atoms with Gasteiger partial charge in [0.25, 0.3) is 5.56 Å². The third kappa shape index (κ3) is 5.57. The monoisotopic (exact) mass is 389 g/mol. The Bertz CT molecular complexity index is 963. The highest BCUT2D eigenvalue weighted by Gasteiger charge is 2.18. The molecule has 0 atom stereocenters. The molecule has 5 nitrogen and oxygen atoms in total. The number of thiazole rings is 1. The Balaban J connectivity index is 2.53. The minimum Gasteiger partial charge on any atom is -0.490 e. The first kappa shape index (κ1) is 21.0. The molecule has 0 aliphatic rings. The van der Waals surface area contributed by atoms with Gasteiger partial charge in [-0.25, -0.2) is 0 Å². The van der Waals surface area contributed by atoms with Gasteiger partial charge in [-0.15, -0.1) is 11.3 Å². The van der Waals surface area contributed by atoms with Gasteiger partial charge in [0.15, 0.2) is 17.3 Å². The van der Waals surface area contributed by atoms with E-state index in [1.807, 2.05) is 52.8 Å². The number of ketones is 1. The first-order valence-electron chi connectivity index (χ1n) is 9.12. The number of nitrogens with one attached hydrogen (secondary N) is 1. The Hall–Kier alpha value is -2.34. The number of carbonyl (C=O) groups excluding carboxylic acids is 1. The number of hydrogen-bond donors (Lipinski definition) is 1. The summed E-state index contributed by atoms with van der Waals surface area (Å²) in [7, 11) is 0. The van der Waals surface area contributed by atoms with Gasteiger partial charge < -0.3 is 14.5 Å². The maximum atomic E-state index is 12.3. The van der Waals surface area contributed by atoms with Crippen LogP contribution in [0.25, 0.3) is 12.2 Å². The van der Waals surface area contributed by atoms with Gasteiger partial charge in [-0.1, -0.05) is 39.8 Å². The van der Waals surface area contributed by atoms with E-state index in [-0.39, 0.29) is 11.3 Å². The summed E-state index contributed by atoms with van der Waals surface area (Å²) < 4.78 is 12.6. The Kier molecular flexibility index (Phi) is 7.02. The molecular weight excluding hydrogens is 362 g/mol. The minimum absolute atomic E-state index is 0.0307. The zero-order chi connectivity index (χ0) is 20.0. The lowest BCUT2D eigenvalue weighted by Crippen LogP contribution is -2.22. The molecule has 0 saturated carbocycles. The lowest BCUT2D eigenvalue weighted by atomic mass is 9.91. The maximum absolute atomic E-state index is 12.3. The molecule has 1 N–H and O–H groups in total. The van der Waals surface area contributed by atoms with Gasteiger partial charge in [0, 0.05) is 17.1 Å². The number of aromatic nitrogens is 1. The summed E-state index contributed by atoms with van der Waals surface area (Å²) in [4.78, 5) is 27.3. The number of rotatable bonds is 7. The van der Waals surface area contributed by atoms with Gasteiger partial charge >= 0.3 is 0 Å². The highest BCUT2D eigenvalue weighted by molar-refractivity contribution is 7.07. The second-order valence-electron chi connectivity index (χ2n) is 7.14. The zero-order valence-electron chi connectivity index (χ0n) is 16.5. The standard InChI is InChI=1S/C21H27NO4S/c1-6-11-26-19-14(9-8-10-15(19)25-7-2)12-16-20(24)22-18(27-16)13-17(23)21(3,4)5/h8-10,12-13H,6-7,11H2,1-5H3,(H,22,24)/b16-12-,18-13-. The van der Waals surface area contributed by atoms with Crippen molar-refractivity contribution in [2.75, 3.05) is 13.2 Å². The van der Waals surface area contributed by atoms with Crippen LogP contribution in [0.4, 0.5) is 0 Å². The number of ether oxygens (including phenoxy) is 2. The molecule has 0 aliphatic heterocycles. The zero-order valence-corrected chi connectivity index (χ0v) is 17.4. The largest absolute Gasteiger partial charge is 0.490 e. The molecule has 2 aromatic rings. The molecule has 0 fully saturated rings. The molecule has 0 amide bonds. The van der Waals surface area contributed by atoms with Crippen molar-refractivity contribution in [3.05, 3.63) is 43.3 Å². The average Bonchev–Trinajstić information content (AvgIpc) is 2.93. The summed E-state index contributed by atoms with van der Waals surface area (Å²) in [5.74, 6) is 1.25. The van der Waals surface area contributed by atoms with Crippen LogP contribution in [0.5, 0.6) is 11.5 Å². The van der Waals surface area contributed by atoms with Gasteiger partial charge in [0.2, 0.25) is 0 Å². The summed E-state index contributed by atoms with van der Waals surface area (Å²) in [6, 6.07) is 5.61. The molecule has 1 aromatic carbocycles. The Morgan fingerprint density at radius 3 is 2.59 bits per heavy atom. The van der Waals surface area contributed by atoms with E-state index in [0.717, 1.165) is 12.0 Å². The van der Waals surface area contributed by atoms with E-state index >= 15 is 0 Å². The summed E-state index contributed by atoms with van der Waals surface area (Å²) >= 11 is 1.25. The fourth-order valence-corrected chi connectivity index (χ4v) is 3.15. The Labute approximate surface area is 163 Å². The highest BCUT2D eigenvalue weighted by atomic mass is 32.1. The molecule has 2 rings (SSSR count). The number of carbonyl (C=O) groups is 1. The third-order valence-electron chi connectivity index (χ3n) is 3.73. The molecule has 0 bridgehead atoms. The summed E-state index contributed by atoms with van der Waals surface area (Å²) in [5.41, 5.74) is 0.0595. The van der Waals surface area contributed by atoms with Gasteiger partial charge in [-0.3, -0.25) is 9.59 Å². The second-order valence-corrected chi connectivity index (χ2v) is 8.23. The lowest BCUT2D eigenvalue weighted by Gasteiger charge is -2.13. The number of Topliss-reactive ketones (excluding diaryl/α,β-unsaturated/α-hetero) is 1. The topological polar surface area (TPSA) is 68.4 Å². The second kappa shape index (κ2) is 9.04. The van der Waals surface area contributed by atoms with Crippen LogP contribution in [0.15, 0.2) is 23.0 Å². The number of aromatic amines is 1. The molecule has 0 saturated heterocycles. The lowest BCUT2D eigenvalue weighted by molar-refractivity contribution is -0.119. The van der Waals surface area contributed by atoms with Crippen molar-refractivity contribution in [2.24, 2.45) is 5.41 Å². The van der Waals surface area contributed by atoms with Gasteiger partial charge in [0.1, 0.15) is 0 Å². The van der Waals surface area contributed by atoms with Crippen LogP contribution in [-0.2, 0) is 4.79 Å². The van der Waals surface area contributed by atoms with Crippen LogP contribution in [0.1, 0.15) is 46.6 Å². The number of para-hydroxylation sites is 1. The molecule has 0 radical (unpaired) electrons. The van der Waals surface area contributed by atoms with E-state index < -0.39 is 5.41 Å². The first-order chi connectivity index (χ1) is 12.8. The normalized spacial score (nSPS) is 13.1. The molecule has 146 valence electrons. The molecule has 27 heavy (non-hydrogen) atoms. The molecule has 0 unspecified atom stereocenters. The van der Waals surface area contributed by atoms with Crippen LogP contribution in [-0.4, -0.2) is 24.0 Å². The van der Waals surface area contributed by atoms with Crippen LogP contribution in [0.3, 0.4) is 0 Å². The van der Waals surface area contributed by atoms with Crippen LogP contribution < -0.4 is 24.2 Å². The van der Waals surface area contributed by atoms with Crippen molar-refractivity contribution in [3.63, 3.8) is 0 Å². The Morgan fingerprint density at radius 1 is 1.22 bits per heavy atom. The van der Waals surface area contributed by atoms with Crippen LogP contribution in [0.2, 0.25) is 0 Å². The molecule has 0 spiro atoms. The third-order valence-corrected chi connectivity index (χ3v) is 4.69. The van der Waals surface area contributed by atoms with E-state index in [1.54, 1.807) is 6.08 Å². The number of H-pyrrole nitrogens is 1. The molecule has 1 heterocycles. The molecule has 1 aromatic heterocycles. The predicted molar refractivity (Wildman–Crippen MR) is 110 cm³/mol. The minimum atomic E-state index is -0.488. The van der Waals surface area contributed by atoms with Crippen LogP contribution >= 0.6 is 11.3 Å². The summed E-state index contributed by atoms with van der Waals surface area (Å²) in [6.07, 6.45) is 4.14. The quantitative estimate of drug-likeness (QED) is 0.791. The fourth-order valence-electron chi connectivity index (χ4n) is 2.28. The molecule has 0 aliphatic carbocycles. The van der Waals surface area contributed by atoms with Crippen molar-refractivity contribution in [2.45, 2.75) is 41.0 Å². The van der Waals surface area contributed by atoms with Gasteiger partial charge in [0.05, 0.1) is 22.4 Å². The number of benzene rings is 1. The van der Waals surface area contributed by atoms with E-state index in [2.05, 4.69) is 4.98 Å². The van der Waals surface area contributed by atoms with Crippen LogP contribution in [0, 0.1) is 5.41 Å². The van der Waals surface area contributed by atoms with Gasteiger partial charge in [-0.2, -0.15) is 0 Å². The van der Waals surface area contributed by atoms with Crippen molar-refractivity contribution in [1.82, 2.24) is 4.98 Å². The number of hydrogen-bond acceptors (Lipinski definition) is 5. The predicted octanol–water partition coefficient (Wildman–Crippen LogP) is 2.85. The van der Waals surface area contributed by atoms with Crippen molar-refractivity contribution in [1.29, 1.82) is 0 Å². The van der Waals surface area contributed by atoms with E-state index in [4.69, 9.17) is 9.47 Å². The van der Waals surface area contributed by atoms with Gasteiger partial charge in [-0.05, 0) is 25.5 Å². The summed E-state index contributed by atoms with van der Waals surface area (Å²) in [5, 5.41) is 0. The van der Waals surface area contributed by atoms with E-state index in [1.165, 1.54) is 17.4 Å². The summed E-state index contributed by atoms with van der Waals surface area (Å²) in [6.45, 7) is 10.6. The van der Waals surface area contributed by atoms with E-state index in [9.17, 15) is 9.59 Å². The van der Waals surface area contributed by atoms with E-state index in [0.29, 0.717) is 33.9 Å². The molecule has 6 heteroatoms. The SMILES string of the molecule is CCCOc1c(/C=c2\s/c(=C\C(=O)C(C)(C)C)[nH]c2=O)cccc1OCC. The maximum Gasteiger partial charge on any atom is 0.266 e. The first-order valence-corrected chi connectivity index (χ1v) is 9.93. The average molecular weight is 390 g/mol. The molecular formula is C21H27NO4S. The smallest absolute Gasteiger partial charge is 0.266 e. The van der Waals surface area contributed by atoms with Crippen molar-refractivity contribution in [3.8, 4) is 11.5 Å².